The Morgan fingerprint density at radius 3 is 2.41 bits per heavy atom. The van der Waals surface area contributed by atoms with Gasteiger partial charge in [-0.25, -0.2) is 17.9 Å². The van der Waals surface area contributed by atoms with Gasteiger partial charge in [0.1, 0.15) is 16.4 Å². The molecule has 0 radical (unpaired) electrons. The number of urea groups is 1. The lowest BCUT2D eigenvalue weighted by Crippen LogP contribution is -2.35. The molecular formula is C9H12N2O5S. The van der Waals surface area contributed by atoms with Crippen molar-refractivity contribution in [2.24, 2.45) is 5.73 Å². The van der Waals surface area contributed by atoms with Crippen LogP contribution in [0.25, 0.3) is 0 Å². The molecule has 1 aromatic rings. The van der Waals surface area contributed by atoms with Crippen LogP contribution in [0.4, 0.5) is 4.79 Å². The summed E-state index contributed by atoms with van der Waals surface area (Å²) in [7, 11) is -1.37. The fourth-order valence-electron chi connectivity index (χ4n) is 1.18. The van der Waals surface area contributed by atoms with Crippen molar-refractivity contribution in [3.63, 3.8) is 0 Å². The van der Waals surface area contributed by atoms with Gasteiger partial charge in [-0.3, -0.25) is 0 Å². The fraction of sp³-hybridized carbons (Fsp3) is 0.222. The fourth-order valence-corrected chi connectivity index (χ4v) is 2.24. The first-order valence-corrected chi connectivity index (χ1v) is 5.93. The molecule has 0 aliphatic heterocycles. The van der Waals surface area contributed by atoms with Crippen LogP contribution in [0, 0.1) is 0 Å². The highest BCUT2D eigenvalue weighted by molar-refractivity contribution is 7.90. The highest BCUT2D eigenvalue weighted by Crippen LogP contribution is 2.27. The summed E-state index contributed by atoms with van der Waals surface area (Å²) in [6, 6.07) is 3.00. The highest BCUT2D eigenvalue weighted by atomic mass is 32.2. The first kappa shape index (κ1) is 13.1. The molecular weight excluding hydrogens is 248 g/mol. The third kappa shape index (κ3) is 3.00. The number of carbonyl (C=O) groups excluding carboxylic acids is 1. The molecule has 0 aromatic heterocycles. The summed E-state index contributed by atoms with van der Waals surface area (Å²) < 4.78 is 34.9. The quantitative estimate of drug-likeness (QED) is 0.796. The summed E-state index contributed by atoms with van der Waals surface area (Å²) in [5.74, 6) is 0.398. The minimum absolute atomic E-state index is 0.0829. The minimum atomic E-state index is -4.06. The second kappa shape index (κ2) is 4.91. The summed E-state index contributed by atoms with van der Waals surface area (Å²) in [5, 5.41) is 0. The zero-order valence-corrected chi connectivity index (χ0v) is 10.1. The zero-order chi connectivity index (χ0) is 13.1. The molecule has 17 heavy (non-hydrogen) atoms. The Kier molecular flexibility index (Phi) is 3.79. The largest absolute Gasteiger partial charge is 0.497 e. The Labute approximate surface area is 98.6 Å². The number of benzene rings is 1. The maximum atomic E-state index is 11.7. The Hall–Kier alpha value is -1.96. The third-order valence-corrected chi connectivity index (χ3v) is 3.26. The predicted molar refractivity (Wildman–Crippen MR) is 59.5 cm³/mol. The van der Waals surface area contributed by atoms with Gasteiger partial charge in [-0.05, 0) is 12.1 Å². The van der Waals surface area contributed by atoms with Gasteiger partial charge < -0.3 is 15.2 Å². The second-order valence-electron chi connectivity index (χ2n) is 2.99. The van der Waals surface area contributed by atoms with E-state index in [2.05, 4.69) is 0 Å². The van der Waals surface area contributed by atoms with Crippen molar-refractivity contribution in [3.05, 3.63) is 18.2 Å². The van der Waals surface area contributed by atoms with Crippen molar-refractivity contribution < 1.29 is 22.7 Å². The van der Waals surface area contributed by atoms with Crippen molar-refractivity contribution in [3.8, 4) is 11.5 Å². The normalized spacial score (nSPS) is 10.7. The van der Waals surface area contributed by atoms with E-state index in [4.69, 9.17) is 15.2 Å². The lowest BCUT2D eigenvalue weighted by molar-refractivity contribution is 0.253. The summed E-state index contributed by atoms with van der Waals surface area (Å²) in [6.45, 7) is 0. The molecule has 7 nitrogen and oxygen atoms in total. The monoisotopic (exact) mass is 260 g/mol. The van der Waals surface area contributed by atoms with E-state index in [0.29, 0.717) is 5.75 Å². The minimum Gasteiger partial charge on any atom is -0.497 e. The van der Waals surface area contributed by atoms with Crippen LogP contribution in [-0.2, 0) is 10.0 Å². The summed E-state index contributed by atoms with van der Waals surface area (Å²) in [6.07, 6.45) is 0. The number of methoxy groups -OCH3 is 2. The topological polar surface area (TPSA) is 108 Å². The highest BCUT2D eigenvalue weighted by Gasteiger charge is 2.21. The van der Waals surface area contributed by atoms with Gasteiger partial charge in [-0.15, -0.1) is 0 Å². The maximum Gasteiger partial charge on any atom is 0.326 e. The molecule has 8 heteroatoms. The van der Waals surface area contributed by atoms with Crippen molar-refractivity contribution in [1.82, 2.24) is 4.72 Å². The van der Waals surface area contributed by atoms with Gasteiger partial charge in [0, 0.05) is 6.07 Å². The van der Waals surface area contributed by atoms with Crippen LogP contribution in [0.1, 0.15) is 0 Å². The van der Waals surface area contributed by atoms with E-state index in [1.54, 1.807) is 4.72 Å². The Morgan fingerprint density at radius 2 is 1.94 bits per heavy atom. The third-order valence-electron chi connectivity index (χ3n) is 1.90. The smallest absolute Gasteiger partial charge is 0.326 e. The van der Waals surface area contributed by atoms with Gasteiger partial charge in [-0.2, -0.15) is 0 Å². The number of ether oxygens (including phenoxy) is 2. The molecule has 94 valence electrons. The molecule has 0 spiro atoms. The molecule has 1 aromatic carbocycles. The summed E-state index contributed by atoms with van der Waals surface area (Å²) in [5.41, 5.74) is 4.78. The SMILES string of the molecule is COc1ccc(OC)c(S(=O)(=O)NC(N)=O)c1. The predicted octanol–water partition coefficient (Wildman–Crippen LogP) is 0.0608. The molecule has 0 atom stereocenters. The van der Waals surface area contributed by atoms with Crippen LogP contribution >= 0.6 is 0 Å². The zero-order valence-electron chi connectivity index (χ0n) is 9.26. The Balaban J connectivity index is 3.32. The molecule has 0 aliphatic carbocycles. The van der Waals surface area contributed by atoms with Crippen molar-refractivity contribution in [1.29, 1.82) is 0 Å². The molecule has 0 fully saturated rings. The average Bonchev–Trinajstić information content (AvgIpc) is 2.26. The van der Waals surface area contributed by atoms with Crippen LogP contribution in [0.15, 0.2) is 23.1 Å². The van der Waals surface area contributed by atoms with E-state index in [-0.39, 0.29) is 10.6 Å². The van der Waals surface area contributed by atoms with Crippen molar-refractivity contribution in [2.45, 2.75) is 4.90 Å². The van der Waals surface area contributed by atoms with Gasteiger partial charge in [0.2, 0.25) is 0 Å². The number of sulfonamides is 1. The lowest BCUT2D eigenvalue weighted by atomic mass is 10.3. The number of nitrogens with one attached hydrogen (secondary N) is 1. The van der Waals surface area contributed by atoms with Crippen LogP contribution < -0.4 is 19.9 Å². The summed E-state index contributed by atoms with van der Waals surface area (Å²) >= 11 is 0. The van der Waals surface area contributed by atoms with Gasteiger partial charge in [0.15, 0.2) is 0 Å². The van der Waals surface area contributed by atoms with E-state index < -0.39 is 16.1 Å². The molecule has 0 aliphatic rings. The number of primary amides is 1. The van der Waals surface area contributed by atoms with E-state index in [1.165, 1.54) is 32.4 Å². The maximum absolute atomic E-state index is 11.7. The average molecular weight is 260 g/mol. The summed E-state index contributed by atoms with van der Waals surface area (Å²) in [4.78, 5) is 10.4. The van der Waals surface area contributed by atoms with Crippen molar-refractivity contribution in [2.75, 3.05) is 14.2 Å². The van der Waals surface area contributed by atoms with E-state index in [1.807, 2.05) is 0 Å². The second-order valence-corrected chi connectivity index (χ2v) is 4.64. The first-order valence-electron chi connectivity index (χ1n) is 4.45. The Morgan fingerprint density at radius 1 is 1.29 bits per heavy atom. The van der Waals surface area contributed by atoms with Crippen LogP contribution in [0.5, 0.6) is 11.5 Å². The number of hydrogen-bond acceptors (Lipinski definition) is 5. The van der Waals surface area contributed by atoms with Gasteiger partial charge in [0.25, 0.3) is 10.0 Å². The van der Waals surface area contributed by atoms with Gasteiger partial charge >= 0.3 is 6.03 Å². The number of amides is 2. The molecule has 0 saturated heterocycles. The van der Waals surface area contributed by atoms with Crippen molar-refractivity contribution >= 4 is 16.1 Å². The molecule has 3 N–H and O–H groups in total. The molecule has 0 unspecified atom stereocenters. The lowest BCUT2D eigenvalue weighted by Gasteiger charge is -2.10. The Bertz CT molecular complexity index is 526. The molecule has 0 saturated carbocycles. The van der Waals surface area contributed by atoms with Crippen LogP contribution in [0.3, 0.4) is 0 Å². The molecule has 0 heterocycles. The standard InChI is InChI=1S/C9H12N2O5S/c1-15-6-3-4-7(16-2)8(5-6)17(13,14)11-9(10)12/h3-5H,1-2H3,(H3,10,11,12). The first-order chi connectivity index (χ1) is 7.90. The van der Waals surface area contributed by atoms with Crippen LogP contribution in [-0.4, -0.2) is 28.7 Å². The van der Waals surface area contributed by atoms with Crippen LogP contribution in [0.2, 0.25) is 0 Å². The molecule has 0 bridgehead atoms. The number of rotatable bonds is 4. The molecule has 1 rings (SSSR count). The number of carbonyl (C=O) groups is 1. The van der Waals surface area contributed by atoms with E-state index in [9.17, 15) is 13.2 Å². The van der Waals surface area contributed by atoms with E-state index >= 15 is 0 Å². The van der Waals surface area contributed by atoms with E-state index in [0.717, 1.165) is 0 Å². The number of hydrogen-bond donors (Lipinski definition) is 2. The number of nitrogens with two attached hydrogens (primary N) is 1. The molecule has 2 amide bonds. The van der Waals surface area contributed by atoms with Gasteiger partial charge in [-0.1, -0.05) is 0 Å². The van der Waals surface area contributed by atoms with Gasteiger partial charge in [0.05, 0.1) is 14.2 Å².